The number of benzene rings is 1. The van der Waals surface area contributed by atoms with Gasteiger partial charge < -0.3 is 9.64 Å². The number of nitrogens with zero attached hydrogens (tertiary/aromatic N) is 1. The van der Waals surface area contributed by atoms with Gasteiger partial charge in [-0.3, -0.25) is 4.79 Å². The number of ether oxygens (including phenoxy) is 1. The van der Waals surface area contributed by atoms with Crippen LogP contribution >= 0.6 is 0 Å². The molecule has 1 N–H and O–H groups in total. The molecule has 0 bridgehead atoms. The van der Waals surface area contributed by atoms with Gasteiger partial charge in [-0.1, -0.05) is 0 Å². The van der Waals surface area contributed by atoms with Gasteiger partial charge in [0.1, 0.15) is 0 Å². The Labute approximate surface area is 150 Å². The van der Waals surface area contributed by atoms with Crippen LogP contribution < -0.4 is 4.72 Å². The first-order chi connectivity index (χ1) is 11.6. The molecule has 1 aliphatic rings. The molecule has 1 heterocycles. The minimum Gasteiger partial charge on any atom is -0.378 e. The molecule has 140 valence electrons. The molecule has 0 radical (unpaired) electrons. The van der Waals surface area contributed by atoms with Crippen molar-refractivity contribution in [1.82, 2.24) is 9.62 Å². The second-order valence-electron chi connectivity index (χ2n) is 7.33. The molecule has 6 nitrogen and oxygen atoms in total. The molecule has 2 rings (SSSR count). The lowest BCUT2D eigenvalue weighted by molar-refractivity contribution is 0.0146. The summed E-state index contributed by atoms with van der Waals surface area (Å²) in [6.07, 6.45) is 1.90. The highest BCUT2D eigenvalue weighted by atomic mass is 32.2. The van der Waals surface area contributed by atoms with Gasteiger partial charge in [-0.15, -0.1) is 0 Å². The van der Waals surface area contributed by atoms with Crippen molar-refractivity contribution in [3.63, 3.8) is 0 Å². The van der Waals surface area contributed by atoms with Gasteiger partial charge in [-0.2, -0.15) is 0 Å². The van der Waals surface area contributed by atoms with Gasteiger partial charge in [0.2, 0.25) is 10.0 Å². The van der Waals surface area contributed by atoms with E-state index in [4.69, 9.17) is 4.74 Å². The SMILES string of the molecule is CCOC1CCN(C(=O)c2ccc(S(=O)(=O)NC(C)(C)C)cc2)CC1. The topological polar surface area (TPSA) is 75.7 Å². The number of carbonyl (C=O) groups is 1. The Hall–Kier alpha value is -1.44. The van der Waals surface area contributed by atoms with Crippen LogP contribution in [-0.4, -0.2) is 50.6 Å². The van der Waals surface area contributed by atoms with Crippen LogP contribution in [0.5, 0.6) is 0 Å². The summed E-state index contributed by atoms with van der Waals surface area (Å²) in [5.74, 6) is -0.0670. The van der Waals surface area contributed by atoms with E-state index in [1.54, 1.807) is 37.8 Å². The third-order valence-corrected chi connectivity index (χ3v) is 5.76. The van der Waals surface area contributed by atoms with E-state index < -0.39 is 15.6 Å². The Balaban J connectivity index is 2.04. The molecule has 25 heavy (non-hydrogen) atoms. The third-order valence-electron chi connectivity index (χ3n) is 3.98. The van der Waals surface area contributed by atoms with Crippen molar-refractivity contribution in [3.05, 3.63) is 29.8 Å². The Kier molecular flexibility index (Phi) is 6.24. The van der Waals surface area contributed by atoms with E-state index in [0.717, 1.165) is 12.8 Å². The molecular weight excluding hydrogens is 340 g/mol. The van der Waals surface area contributed by atoms with Crippen molar-refractivity contribution >= 4 is 15.9 Å². The van der Waals surface area contributed by atoms with Crippen molar-refractivity contribution in [3.8, 4) is 0 Å². The smallest absolute Gasteiger partial charge is 0.253 e. The Morgan fingerprint density at radius 2 is 1.76 bits per heavy atom. The molecule has 1 aromatic carbocycles. The number of carbonyl (C=O) groups excluding carboxylic acids is 1. The number of likely N-dealkylation sites (tertiary alicyclic amines) is 1. The van der Waals surface area contributed by atoms with Crippen LogP contribution in [0.1, 0.15) is 50.9 Å². The zero-order valence-corrected chi connectivity index (χ0v) is 16.2. The lowest BCUT2D eigenvalue weighted by atomic mass is 10.1. The number of amides is 1. The molecule has 1 aromatic rings. The molecule has 1 amide bonds. The number of rotatable bonds is 5. The Morgan fingerprint density at radius 3 is 2.24 bits per heavy atom. The second-order valence-corrected chi connectivity index (χ2v) is 9.01. The summed E-state index contributed by atoms with van der Waals surface area (Å²) in [6.45, 7) is 9.35. The van der Waals surface area contributed by atoms with E-state index in [1.165, 1.54) is 12.1 Å². The summed E-state index contributed by atoms with van der Waals surface area (Å²) in [6, 6.07) is 6.12. The number of sulfonamides is 1. The normalized spacial score (nSPS) is 16.9. The molecule has 1 fully saturated rings. The van der Waals surface area contributed by atoms with Crippen LogP contribution in [0.15, 0.2) is 29.2 Å². The minimum absolute atomic E-state index is 0.0670. The maximum absolute atomic E-state index is 12.6. The summed E-state index contributed by atoms with van der Waals surface area (Å²) in [5.41, 5.74) is -0.0531. The fraction of sp³-hybridized carbons (Fsp3) is 0.611. The molecule has 0 atom stereocenters. The first-order valence-electron chi connectivity index (χ1n) is 8.67. The number of nitrogens with one attached hydrogen (secondary N) is 1. The zero-order chi connectivity index (χ0) is 18.7. The largest absolute Gasteiger partial charge is 0.378 e. The van der Waals surface area contributed by atoms with Gasteiger partial charge in [0.05, 0.1) is 11.0 Å². The standard InChI is InChI=1S/C18H28N2O4S/c1-5-24-15-10-12-20(13-11-15)17(21)14-6-8-16(9-7-14)25(22,23)19-18(2,3)4/h6-9,15,19H,5,10-13H2,1-4H3. The predicted octanol–water partition coefficient (Wildman–Crippen LogP) is 2.40. The molecule has 0 aliphatic carbocycles. The monoisotopic (exact) mass is 368 g/mol. The van der Waals surface area contributed by atoms with Gasteiger partial charge in [-0.05, 0) is 64.8 Å². The molecular formula is C18H28N2O4S. The average molecular weight is 368 g/mol. The van der Waals surface area contributed by atoms with Gasteiger partial charge >= 0.3 is 0 Å². The van der Waals surface area contributed by atoms with Crippen molar-refractivity contribution in [2.24, 2.45) is 0 Å². The maximum Gasteiger partial charge on any atom is 0.253 e. The molecule has 0 aromatic heterocycles. The van der Waals surface area contributed by atoms with Crippen LogP contribution in [0.4, 0.5) is 0 Å². The summed E-state index contributed by atoms with van der Waals surface area (Å²) < 4.78 is 32.8. The van der Waals surface area contributed by atoms with E-state index in [0.29, 0.717) is 25.3 Å². The molecule has 1 saturated heterocycles. The second kappa shape index (κ2) is 7.85. The van der Waals surface area contributed by atoms with Crippen LogP contribution in [-0.2, 0) is 14.8 Å². The quantitative estimate of drug-likeness (QED) is 0.866. The molecule has 0 spiro atoms. The number of piperidine rings is 1. The molecule has 7 heteroatoms. The highest BCUT2D eigenvalue weighted by Gasteiger charge is 2.25. The van der Waals surface area contributed by atoms with E-state index in [1.807, 2.05) is 6.92 Å². The summed E-state index contributed by atoms with van der Waals surface area (Å²) in [4.78, 5) is 14.5. The minimum atomic E-state index is -3.59. The molecule has 0 saturated carbocycles. The highest BCUT2D eigenvalue weighted by molar-refractivity contribution is 7.89. The lowest BCUT2D eigenvalue weighted by Gasteiger charge is -2.31. The number of hydrogen-bond acceptors (Lipinski definition) is 4. The maximum atomic E-state index is 12.6. The lowest BCUT2D eigenvalue weighted by Crippen LogP contribution is -2.41. The highest BCUT2D eigenvalue weighted by Crippen LogP contribution is 2.18. The van der Waals surface area contributed by atoms with Crippen LogP contribution in [0.25, 0.3) is 0 Å². The molecule has 0 unspecified atom stereocenters. The van der Waals surface area contributed by atoms with Gasteiger partial charge in [0.15, 0.2) is 0 Å². The first kappa shape index (κ1) is 19.9. The fourth-order valence-electron chi connectivity index (χ4n) is 2.88. The van der Waals surface area contributed by atoms with Crippen LogP contribution in [0.2, 0.25) is 0 Å². The van der Waals surface area contributed by atoms with E-state index in [9.17, 15) is 13.2 Å². The van der Waals surface area contributed by atoms with Gasteiger partial charge in [-0.25, -0.2) is 13.1 Å². The zero-order valence-electron chi connectivity index (χ0n) is 15.4. The van der Waals surface area contributed by atoms with Crippen molar-refractivity contribution in [2.45, 2.75) is 57.1 Å². The van der Waals surface area contributed by atoms with Gasteiger partial charge in [0, 0.05) is 30.8 Å². The van der Waals surface area contributed by atoms with Crippen LogP contribution in [0, 0.1) is 0 Å². The Bertz CT molecular complexity index is 685. The van der Waals surface area contributed by atoms with E-state index in [-0.39, 0.29) is 16.9 Å². The van der Waals surface area contributed by atoms with Crippen molar-refractivity contribution in [1.29, 1.82) is 0 Å². The van der Waals surface area contributed by atoms with Crippen molar-refractivity contribution < 1.29 is 17.9 Å². The number of hydrogen-bond donors (Lipinski definition) is 1. The van der Waals surface area contributed by atoms with Crippen LogP contribution in [0.3, 0.4) is 0 Å². The third kappa shape index (κ3) is 5.52. The fourth-order valence-corrected chi connectivity index (χ4v) is 4.30. The first-order valence-corrected chi connectivity index (χ1v) is 10.2. The summed E-state index contributed by atoms with van der Waals surface area (Å²) >= 11 is 0. The summed E-state index contributed by atoms with van der Waals surface area (Å²) in [7, 11) is -3.59. The van der Waals surface area contributed by atoms with Gasteiger partial charge in [0.25, 0.3) is 5.91 Å². The van der Waals surface area contributed by atoms with E-state index >= 15 is 0 Å². The van der Waals surface area contributed by atoms with E-state index in [2.05, 4.69) is 4.72 Å². The Morgan fingerprint density at radius 1 is 1.20 bits per heavy atom. The molecule has 1 aliphatic heterocycles. The van der Waals surface area contributed by atoms with Crippen molar-refractivity contribution in [2.75, 3.05) is 19.7 Å². The summed E-state index contributed by atoms with van der Waals surface area (Å²) in [5, 5.41) is 0. The predicted molar refractivity (Wildman–Crippen MR) is 97.1 cm³/mol. The average Bonchev–Trinajstić information content (AvgIpc) is 2.53.